The SMILES string of the molecule is C=CCn1c(=O)c2cnc(Nc3ccc(N4CCN(C(=O)O)CC4)cc3)nc2n1-c1cccc(C(C)(C)O)n1. The van der Waals surface area contributed by atoms with Crippen LogP contribution in [0.4, 0.5) is 22.1 Å². The summed E-state index contributed by atoms with van der Waals surface area (Å²) in [5.41, 5.74) is 1.13. The molecule has 1 amide bonds. The first-order chi connectivity index (χ1) is 18.7. The largest absolute Gasteiger partial charge is 0.465 e. The number of carboxylic acid groups (broad SMARTS) is 1. The molecule has 12 nitrogen and oxygen atoms in total. The van der Waals surface area contributed by atoms with Gasteiger partial charge in [0, 0.05) is 43.8 Å². The van der Waals surface area contributed by atoms with E-state index in [0.29, 0.717) is 54.7 Å². The minimum absolute atomic E-state index is 0.231. The molecule has 1 saturated heterocycles. The van der Waals surface area contributed by atoms with Crippen LogP contribution in [0.15, 0.2) is 66.1 Å². The van der Waals surface area contributed by atoms with Gasteiger partial charge in [-0.1, -0.05) is 12.1 Å². The van der Waals surface area contributed by atoms with E-state index < -0.39 is 11.7 Å². The lowest BCUT2D eigenvalue weighted by Crippen LogP contribution is -2.48. The third-order valence-corrected chi connectivity index (χ3v) is 6.59. The summed E-state index contributed by atoms with van der Waals surface area (Å²) in [6, 6.07) is 13.0. The first kappa shape index (κ1) is 25.9. The molecule has 1 aliphatic rings. The summed E-state index contributed by atoms with van der Waals surface area (Å²) < 4.78 is 3.09. The van der Waals surface area contributed by atoms with E-state index in [0.717, 1.165) is 11.4 Å². The van der Waals surface area contributed by atoms with Crippen LogP contribution in [-0.2, 0) is 12.1 Å². The molecule has 5 rings (SSSR count). The number of nitrogens with one attached hydrogen (secondary N) is 1. The Morgan fingerprint density at radius 2 is 1.82 bits per heavy atom. The number of benzene rings is 1. The van der Waals surface area contributed by atoms with Gasteiger partial charge in [-0.05, 0) is 50.2 Å². The van der Waals surface area contributed by atoms with E-state index in [9.17, 15) is 14.7 Å². The summed E-state index contributed by atoms with van der Waals surface area (Å²) in [5.74, 6) is 0.731. The molecule has 0 bridgehead atoms. The van der Waals surface area contributed by atoms with Gasteiger partial charge in [0.1, 0.15) is 11.0 Å². The van der Waals surface area contributed by atoms with E-state index in [4.69, 9.17) is 5.11 Å². The van der Waals surface area contributed by atoms with Crippen molar-refractivity contribution in [1.82, 2.24) is 29.2 Å². The van der Waals surface area contributed by atoms with Gasteiger partial charge in [-0.25, -0.2) is 24.1 Å². The molecule has 0 aliphatic carbocycles. The standard InChI is InChI=1S/C27H30N8O4/c1-4-12-34-24(36)20-17-28-25(31-23(20)35(34)22-7-5-6-21(30-22)27(2,3)39)29-18-8-10-19(11-9-18)32-13-15-33(16-14-32)26(37)38/h4-11,17,39H,1,12-16H2,2-3H3,(H,37,38)(H,28,29,31). The van der Waals surface area contributed by atoms with E-state index in [2.05, 4.69) is 31.7 Å². The van der Waals surface area contributed by atoms with Gasteiger partial charge in [0.15, 0.2) is 11.5 Å². The van der Waals surface area contributed by atoms with Crippen molar-refractivity contribution in [1.29, 1.82) is 0 Å². The number of aromatic nitrogens is 5. The van der Waals surface area contributed by atoms with Crippen molar-refractivity contribution in [3.63, 3.8) is 0 Å². The normalized spacial score (nSPS) is 14.0. The minimum atomic E-state index is -1.17. The number of rotatable bonds is 7. The predicted octanol–water partition coefficient (Wildman–Crippen LogP) is 2.93. The first-order valence-corrected chi connectivity index (χ1v) is 12.6. The number of hydrogen-bond acceptors (Lipinski definition) is 8. The molecule has 1 aromatic carbocycles. The lowest BCUT2D eigenvalue weighted by molar-refractivity contribution is 0.0738. The Morgan fingerprint density at radius 1 is 1.10 bits per heavy atom. The van der Waals surface area contributed by atoms with Crippen molar-refractivity contribution in [2.75, 3.05) is 36.4 Å². The number of fused-ring (bicyclic) bond motifs is 1. The number of amides is 1. The maximum Gasteiger partial charge on any atom is 0.407 e. The number of allylic oxidation sites excluding steroid dienone is 1. The number of aliphatic hydroxyl groups is 1. The molecular formula is C27H30N8O4. The molecule has 0 spiro atoms. The Hall–Kier alpha value is -4.71. The highest BCUT2D eigenvalue weighted by atomic mass is 16.4. The zero-order valence-corrected chi connectivity index (χ0v) is 21.8. The fraction of sp³-hybridized carbons (Fsp3) is 0.296. The molecule has 3 aromatic heterocycles. The average molecular weight is 531 g/mol. The van der Waals surface area contributed by atoms with Crippen LogP contribution in [0.25, 0.3) is 16.9 Å². The summed E-state index contributed by atoms with van der Waals surface area (Å²) in [4.78, 5) is 41.5. The fourth-order valence-electron chi connectivity index (χ4n) is 4.53. The molecule has 0 radical (unpaired) electrons. The molecule has 1 fully saturated rings. The highest BCUT2D eigenvalue weighted by molar-refractivity contribution is 5.77. The highest BCUT2D eigenvalue weighted by Crippen LogP contribution is 2.24. The third-order valence-electron chi connectivity index (χ3n) is 6.59. The van der Waals surface area contributed by atoms with Crippen LogP contribution in [0.3, 0.4) is 0 Å². The van der Waals surface area contributed by atoms with Crippen LogP contribution in [0.2, 0.25) is 0 Å². The number of pyridine rings is 1. The lowest BCUT2D eigenvalue weighted by Gasteiger charge is -2.34. The zero-order chi connectivity index (χ0) is 27.7. The van der Waals surface area contributed by atoms with Crippen LogP contribution in [-0.4, -0.2) is 71.7 Å². The van der Waals surface area contributed by atoms with E-state index >= 15 is 0 Å². The Morgan fingerprint density at radius 3 is 2.46 bits per heavy atom. The smallest absolute Gasteiger partial charge is 0.407 e. The van der Waals surface area contributed by atoms with Crippen molar-refractivity contribution < 1.29 is 15.0 Å². The van der Waals surface area contributed by atoms with Crippen LogP contribution in [0.1, 0.15) is 19.5 Å². The number of nitrogens with zero attached hydrogens (tertiary/aromatic N) is 7. The number of hydrogen-bond donors (Lipinski definition) is 3. The second-order valence-corrected chi connectivity index (χ2v) is 9.79. The monoisotopic (exact) mass is 530 g/mol. The first-order valence-electron chi connectivity index (χ1n) is 12.6. The van der Waals surface area contributed by atoms with Gasteiger partial charge in [0.2, 0.25) is 5.95 Å². The molecule has 1 aliphatic heterocycles. The van der Waals surface area contributed by atoms with Gasteiger partial charge in [0.05, 0.1) is 12.2 Å². The van der Waals surface area contributed by atoms with Gasteiger partial charge >= 0.3 is 6.09 Å². The van der Waals surface area contributed by atoms with Crippen molar-refractivity contribution in [3.05, 3.63) is 77.4 Å². The second-order valence-electron chi connectivity index (χ2n) is 9.79. The Bertz CT molecular complexity index is 1580. The Labute approximate surface area is 224 Å². The molecule has 202 valence electrons. The average Bonchev–Trinajstić information content (AvgIpc) is 3.19. The Kier molecular flexibility index (Phi) is 6.79. The molecule has 4 aromatic rings. The van der Waals surface area contributed by atoms with Gasteiger partial charge in [-0.15, -0.1) is 6.58 Å². The molecule has 0 unspecified atom stereocenters. The van der Waals surface area contributed by atoms with Crippen LogP contribution in [0, 0.1) is 0 Å². The predicted molar refractivity (Wildman–Crippen MR) is 148 cm³/mol. The molecule has 12 heteroatoms. The van der Waals surface area contributed by atoms with Crippen molar-refractivity contribution in [2.24, 2.45) is 0 Å². The number of piperazine rings is 1. The summed E-state index contributed by atoms with van der Waals surface area (Å²) in [6.07, 6.45) is 2.21. The van der Waals surface area contributed by atoms with Crippen molar-refractivity contribution in [3.8, 4) is 5.82 Å². The van der Waals surface area contributed by atoms with Crippen LogP contribution in [0.5, 0.6) is 0 Å². The maximum absolute atomic E-state index is 13.2. The van der Waals surface area contributed by atoms with E-state index in [1.165, 1.54) is 15.8 Å². The number of anilines is 3. The summed E-state index contributed by atoms with van der Waals surface area (Å²) in [5, 5.41) is 23.2. The molecule has 3 N–H and O–H groups in total. The lowest BCUT2D eigenvalue weighted by atomic mass is 10.1. The molecular weight excluding hydrogens is 500 g/mol. The van der Waals surface area contributed by atoms with E-state index in [-0.39, 0.29) is 12.1 Å². The third kappa shape index (κ3) is 5.18. The van der Waals surface area contributed by atoms with Gasteiger partial charge in [-0.2, -0.15) is 4.98 Å². The second kappa shape index (κ2) is 10.2. The maximum atomic E-state index is 13.2. The van der Waals surface area contributed by atoms with E-state index in [1.54, 1.807) is 42.8 Å². The van der Waals surface area contributed by atoms with Gasteiger partial charge < -0.3 is 25.3 Å². The van der Waals surface area contributed by atoms with Gasteiger partial charge in [0.25, 0.3) is 5.56 Å². The zero-order valence-electron chi connectivity index (χ0n) is 21.8. The van der Waals surface area contributed by atoms with E-state index in [1.807, 2.05) is 24.3 Å². The molecule has 39 heavy (non-hydrogen) atoms. The van der Waals surface area contributed by atoms with Crippen molar-refractivity contribution >= 4 is 34.4 Å². The Balaban J connectivity index is 1.45. The number of carbonyl (C=O) groups is 1. The molecule has 0 saturated carbocycles. The highest BCUT2D eigenvalue weighted by Gasteiger charge is 2.22. The van der Waals surface area contributed by atoms with Crippen LogP contribution >= 0.6 is 0 Å². The van der Waals surface area contributed by atoms with Crippen molar-refractivity contribution in [2.45, 2.75) is 26.0 Å². The molecule has 0 atom stereocenters. The summed E-state index contributed by atoms with van der Waals surface area (Å²) in [7, 11) is 0. The quantitative estimate of drug-likeness (QED) is 0.308. The summed E-state index contributed by atoms with van der Waals surface area (Å²) >= 11 is 0. The topological polar surface area (TPSA) is 142 Å². The molecule has 4 heterocycles. The minimum Gasteiger partial charge on any atom is -0.465 e. The van der Waals surface area contributed by atoms with Gasteiger partial charge in [-0.3, -0.25) is 4.79 Å². The fourth-order valence-corrected chi connectivity index (χ4v) is 4.53. The summed E-state index contributed by atoms with van der Waals surface area (Å²) in [6.45, 7) is 9.47. The van der Waals surface area contributed by atoms with Crippen LogP contribution < -0.4 is 15.8 Å².